The third-order valence-electron chi connectivity index (χ3n) is 3.42. The molecule has 3 heterocycles. The molecule has 1 saturated heterocycles. The van der Waals surface area contributed by atoms with Crippen LogP contribution in [0.25, 0.3) is 10.2 Å². The topological polar surface area (TPSA) is 75.2 Å². The van der Waals surface area contributed by atoms with Gasteiger partial charge >= 0.3 is 6.03 Å². The Morgan fingerprint density at radius 3 is 3.00 bits per heavy atom. The van der Waals surface area contributed by atoms with E-state index in [0.29, 0.717) is 13.1 Å². The molecule has 0 aromatic carbocycles. The lowest BCUT2D eigenvalue weighted by Gasteiger charge is -2.11. The van der Waals surface area contributed by atoms with Crippen molar-refractivity contribution in [1.29, 1.82) is 0 Å². The van der Waals surface area contributed by atoms with Crippen molar-refractivity contribution >= 4 is 45.3 Å². The predicted molar refractivity (Wildman–Crippen MR) is 82.7 cm³/mol. The fourth-order valence-corrected chi connectivity index (χ4v) is 4.17. The summed E-state index contributed by atoms with van der Waals surface area (Å²) in [7, 11) is 0. The summed E-state index contributed by atoms with van der Waals surface area (Å²) in [5.41, 5.74) is 1.16. The molecule has 0 unspecified atom stereocenters. The smallest absolute Gasteiger partial charge is 0.324 e. The molecule has 21 heavy (non-hydrogen) atoms. The van der Waals surface area contributed by atoms with E-state index < -0.39 is 0 Å². The van der Waals surface area contributed by atoms with Crippen molar-refractivity contribution in [3.63, 3.8) is 0 Å². The molecule has 0 spiro atoms. The number of carbonyl (C=O) groups is 2. The Labute approximate surface area is 129 Å². The molecule has 2 aromatic heterocycles. The number of hydrogen-bond acceptors (Lipinski definition) is 6. The first-order valence-electron chi connectivity index (χ1n) is 6.49. The van der Waals surface area contributed by atoms with E-state index in [-0.39, 0.29) is 17.7 Å². The van der Waals surface area contributed by atoms with E-state index in [1.165, 1.54) is 27.9 Å². The highest BCUT2D eigenvalue weighted by molar-refractivity contribution is 8.00. The first kappa shape index (κ1) is 14.3. The maximum Gasteiger partial charge on any atom is 0.324 e. The summed E-state index contributed by atoms with van der Waals surface area (Å²) in [5, 5.41) is 4.44. The number of urea groups is 1. The third kappa shape index (κ3) is 2.60. The molecule has 1 N–H and O–H groups in total. The van der Waals surface area contributed by atoms with Crippen molar-refractivity contribution in [1.82, 2.24) is 20.2 Å². The van der Waals surface area contributed by atoms with E-state index in [1.807, 2.05) is 6.92 Å². The van der Waals surface area contributed by atoms with Gasteiger partial charge in [-0.15, -0.1) is 11.3 Å². The van der Waals surface area contributed by atoms with Crippen LogP contribution in [0.2, 0.25) is 0 Å². The summed E-state index contributed by atoms with van der Waals surface area (Å²) in [6.07, 6.45) is 1.52. The van der Waals surface area contributed by atoms with Crippen molar-refractivity contribution in [2.24, 2.45) is 0 Å². The van der Waals surface area contributed by atoms with Gasteiger partial charge in [0, 0.05) is 23.4 Å². The first-order chi connectivity index (χ1) is 10.1. The monoisotopic (exact) mass is 322 g/mol. The van der Waals surface area contributed by atoms with Crippen LogP contribution in [0.5, 0.6) is 0 Å². The first-order valence-corrected chi connectivity index (χ1v) is 8.30. The summed E-state index contributed by atoms with van der Waals surface area (Å²) in [5.74, 6) is 0.0137. The molecule has 1 aliphatic heterocycles. The average Bonchev–Trinajstić information content (AvgIpc) is 3.01. The Morgan fingerprint density at radius 2 is 2.29 bits per heavy atom. The Bertz CT molecular complexity index is 728. The van der Waals surface area contributed by atoms with Gasteiger partial charge in [0.05, 0.1) is 5.75 Å². The van der Waals surface area contributed by atoms with Crippen LogP contribution in [0.15, 0.2) is 11.4 Å². The fourth-order valence-electron chi connectivity index (χ4n) is 2.18. The number of nitrogens with one attached hydrogen (secondary N) is 1. The van der Waals surface area contributed by atoms with E-state index in [0.717, 1.165) is 20.8 Å². The Hall–Kier alpha value is -1.67. The van der Waals surface area contributed by atoms with Crippen molar-refractivity contribution in [3.8, 4) is 0 Å². The Balaban J connectivity index is 1.79. The lowest BCUT2D eigenvalue weighted by molar-refractivity contribution is -0.124. The summed E-state index contributed by atoms with van der Waals surface area (Å²) in [6.45, 7) is 5.05. The van der Waals surface area contributed by atoms with Crippen LogP contribution in [0.3, 0.4) is 0 Å². The van der Waals surface area contributed by atoms with Gasteiger partial charge in [0.25, 0.3) is 0 Å². The van der Waals surface area contributed by atoms with E-state index in [2.05, 4.69) is 22.2 Å². The maximum absolute atomic E-state index is 12.1. The van der Waals surface area contributed by atoms with Gasteiger partial charge in [-0.1, -0.05) is 11.8 Å². The van der Waals surface area contributed by atoms with Crippen molar-refractivity contribution in [3.05, 3.63) is 16.8 Å². The lowest BCUT2D eigenvalue weighted by atomic mass is 10.2. The number of imide groups is 1. The number of rotatable bonds is 3. The second-order valence-electron chi connectivity index (χ2n) is 4.71. The zero-order chi connectivity index (χ0) is 15.0. The van der Waals surface area contributed by atoms with Crippen molar-refractivity contribution in [2.75, 3.05) is 18.8 Å². The van der Waals surface area contributed by atoms with Gasteiger partial charge in [-0.2, -0.15) is 0 Å². The number of hydrogen-bond donors (Lipinski definition) is 1. The quantitative estimate of drug-likeness (QED) is 0.690. The molecule has 3 rings (SSSR count). The zero-order valence-electron chi connectivity index (χ0n) is 11.7. The summed E-state index contributed by atoms with van der Waals surface area (Å²) in [4.78, 5) is 35.5. The van der Waals surface area contributed by atoms with Gasteiger partial charge in [-0.25, -0.2) is 14.8 Å². The minimum atomic E-state index is -0.309. The molecule has 0 bridgehead atoms. The number of aromatic nitrogens is 2. The van der Waals surface area contributed by atoms with Crippen molar-refractivity contribution in [2.45, 2.75) is 18.9 Å². The number of carbonyl (C=O) groups excluding carboxylic acids is 2. The molecule has 0 radical (unpaired) electrons. The highest BCUT2D eigenvalue weighted by atomic mass is 32.2. The summed E-state index contributed by atoms with van der Waals surface area (Å²) in [6, 6.07) is -0.309. The number of fused-ring (bicyclic) bond motifs is 1. The van der Waals surface area contributed by atoms with Crippen molar-refractivity contribution < 1.29 is 9.59 Å². The normalized spacial score (nSPS) is 14.8. The van der Waals surface area contributed by atoms with Crippen LogP contribution < -0.4 is 5.32 Å². The van der Waals surface area contributed by atoms with Crippen LogP contribution in [0.1, 0.15) is 10.4 Å². The highest BCUT2D eigenvalue weighted by Gasteiger charge is 2.26. The molecule has 1 aliphatic rings. The van der Waals surface area contributed by atoms with Crippen LogP contribution in [0, 0.1) is 13.8 Å². The molecule has 2 aromatic rings. The molecular formula is C13H14N4O2S2. The number of thioether (sulfide) groups is 1. The van der Waals surface area contributed by atoms with Gasteiger partial charge in [-0.3, -0.25) is 9.69 Å². The van der Waals surface area contributed by atoms with Gasteiger partial charge < -0.3 is 5.32 Å². The SMILES string of the molecule is Cc1sc2ncnc(SCC(=O)N3CCNC3=O)c2c1C. The fraction of sp³-hybridized carbons (Fsp3) is 0.385. The molecule has 3 amide bonds. The number of aryl methyl sites for hydroxylation is 2. The van der Waals surface area contributed by atoms with Gasteiger partial charge in [0.15, 0.2) is 0 Å². The Kier molecular flexibility index (Phi) is 3.81. The summed E-state index contributed by atoms with van der Waals surface area (Å²) < 4.78 is 0. The number of thiophene rings is 1. The van der Waals surface area contributed by atoms with Crippen LogP contribution >= 0.6 is 23.1 Å². The highest BCUT2D eigenvalue weighted by Crippen LogP contribution is 2.34. The van der Waals surface area contributed by atoms with Gasteiger partial charge in [-0.05, 0) is 19.4 Å². The molecule has 8 heteroatoms. The van der Waals surface area contributed by atoms with E-state index in [1.54, 1.807) is 11.3 Å². The third-order valence-corrected chi connectivity index (χ3v) is 5.51. The molecule has 110 valence electrons. The molecule has 0 atom stereocenters. The molecule has 6 nitrogen and oxygen atoms in total. The lowest BCUT2D eigenvalue weighted by Crippen LogP contribution is -2.35. The van der Waals surface area contributed by atoms with Gasteiger partial charge in [0.1, 0.15) is 16.2 Å². The summed E-state index contributed by atoms with van der Waals surface area (Å²) >= 11 is 2.99. The average molecular weight is 322 g/mol. The minimum absolute atomic E-state index is 0.189. The molecule has 0 aliphatic carbocycles. The number of amides is 3. The van der Waals surface area contributed by atoms with Crippen LogP contribution in [-0.4, -0.2) is 45.6 Å². The second kappa shape index (κ2) is 5.61. The van der Waals surface area contributed by atoms with Gasteiger partial charge in [0.2, 0.25) is 5.91 Å². The standard InChI is InChI=1S/C13H14N4O2S2/c1-7-8(2)21-12-10(7)11(15-6-16-12)20-5-9(18)17-4-3-14-13(17)19/h6H,3-5H2,1-2H3,(H,14,19). The van der Waals surface area contributed by atoms with E-state index >= 15 is 0 Å². The maximum atomic E-state index is 12.1. The van der Waals surface area contributed by atoms with E-state index in [4.69, 9.17) is 0 Å². The largest absolute Gasteiger partial charge is 0.336 e. The predicted octanol–water partition coefficient (Wildman–Crippen LogP) is 1.95. The molecular weight excluding hydrogens is 308 g/mol. The van der Waals surface area contributed by atoms with Crippen LogP contribution in [0.4, 0.5) is 4.79 Å². The second-order valence-corrected chi connectivity index (χ2v) is 6.88. The number of nitrogens with zero attached hydrogens (tertiary/aromatic N) is 3. The zero-order valence-corrected chi connectivity index (χ0v) is 13.3. The van der Waals surface area contributed by atoms with Crippen LogP contribution in [-0.2, 0) is 4.79 Å². The molecule has 0 saturated carbocycles. The van der Waals surface area contributed by atoms with E-state index in [9.17, 15) is 9.59 Å². The minimum Gasteiger partial charge on any atom is -0.336 e. The molecule has 1 fully saturated rings. The Morgan fingerprint density at radius 1 is 1.48 bits per heavy atom.